The van der Waals surface area contributed by atoms with Gasteiger partial charge in [0.25, 0.3) is 11.8 Å². The second-order valence-corrected chi connectivity index (χ2v) is 9.21. The minimum Gasteiger partial charge on any atom is -0.366 e. The molecular weight excluding hydrogens is 484 g/mol. The number of nitrogens with two attached hydrogens (primary N) is 2. The molecule has 0 aliphatic carbocycles. The molecule has 0 spiro atoms. The van der Waals surface area contributed by atoms with Gasteiger partial charge in [0.05, 0.1) is 22.3 Å². The number of ketones is 1. The number of hydrogen-bond acceptors (Lipinski definition) is 5. The maximum Gasteiger partial charge on any atom is 0.252 e. The molecule has 0 heterocycles. The normalized spacial score (nSPS) is 10.6. The summed E-state index contributed by atoms with van der Waals surface area (Å²) in [5.74, 6) is -3.11. The zero-order valence-electron chi connectivity index (χ0n) is 22.2. The zero-order valence-corrected chi connectivity index (χ0v) is 22.2. The average molecular weight is 523 g/mol. The molecule has 4 amide bonds. The maximum absolute atomic E-state index is 13.2. The number of carbonyl (C=O) groups excluding carboxylic acids is 5. The number of hydrogen-bond donors (Lipinski definition) is 4. The van der Waals surface area contributed by atoms with Crippen molar-refractivity contribution in [2.24, 2.45) is 11.5 Å². The van der Waals surface area contributed by atoms with Crippen molar-refractivity contribution in [3.63, 3.8) is 0 Å². The molecule has 38 heavy (non-hydrogen) atoms. The SMILES string of the molecule is CCCCCCNC(=O)c1ccc(C(=O)c2ccc(C(=O)NCCCCCC)c(C(N)=O)c2)cc1C(N)=O. The topological polar surface area (TPSA) is 161 Å². The Hall–Kier alpha value is -4.01. The molecule has 0 atom stereocenters. The Morgan fingerprint density at radius 1 is 0.579 bits per heavy atom. The van der Waals surface area contributed by atoms with Crippen molar-refractivity contribution in [2.75, 3.05) is 13.1 Å². The quantitative estimate of drug-likeness (QED) is 0.195. The lowest BCUT2D eigenvalue weighted by Gasteiger charge is -2.12. The minimum absolute atomic E-state index is 0.0772. The van der Waals surface area contributed by atoms with Crippen LogP contribution in [0.1, 0.15) is 123 Å². The van der Waals surface area contributed by atoms with Crippen molar-refractivity contribution < 1.29 is 24.0 Å². The van der Waals surface area contributed by atoms with Gasteiger partial charge in [-0.15, -0.1) is 0 Å². The predicted octanol–water partition coefficient (Wildman–Crippen LogP) is 3.74. The molecule has 2 rings (SSSR count). The first kappa shape index (κ1) is 30.2. The highest BCUT2D eigenvalue weighted by atomic mass is 16.2. The number of unbranched alkanes of at least 4 members (excludes halogenated alkanes) is 6. The molecule has 0 saturated heterocycles. The van der Waals surface area contributed by atoms with Crippen LogP contribution in [0.5, 0.6) is 0 Å². The Morgan fingerprint density at radius 2 is 0.974 bits per heavy atom. The lowest BCUT2D eigenvalue weighted by Crippen LogP contribution is -2.28. The Balaban J connectivity index is 2.23. The molecule has 6 N–H and O–H groups in total. The fraction of sp³-hybridized carbons (Fsp3) is 0.414. The summed E-state index contributed by atoms with van der Waals surface area (Å²) in [6, 6.07) is 8.12. The van der Waals surface area contributed by atoms with Crippen molar-refractivity contribution in [3.05, 3.63) is 69.8 Å². The van der Waals surface area contributed by atoms with Crippen LogP contribution in [0.3, 0.4) is 0 Å². The van der Waals surface area contributed by atoms with E-state index in [0.717, 1.165) is 51.4 Å². The van der Waals surface area contributed by atoms with Crippen molar-refractivity contribution in [2.45, 2.75) is 65.2 Å². The third-order valence-electron chi connectivity index (χ3n) is 6.22. The number of nitrogens with one attached hydrogen (secondary N) is 2. The van der Waals surface area contributed by atoms with Gasteiger partial charge in [0.15, 0.2) is 5.78 Å². The summed E-state index contributed by atoms with van der Waals surface area (Å²) in [4.78, 5) is 62.6. The van der Waals surface area contributed by atoms with E-state index in [0.29, 0.717) is 13.1 Å². The van der Waals surface area contributed by atoms with E-state index in [9.17, 15) is 24.0 Å². The van der Waals surface area contributed by atoms with E-state index in [2.05, 4.69) is 24.5 Å². The Morgan fingerprint density at radius 3 is 1.32 bits per heavy atom. The van der Waals surface area contributed by atoms with E-state index < -0.39 is 29.4 Å². The molecule has 204 valence electrons. The van der Waals surface area contributed by atoms with Crippen LogP contribution < -0.4 is 22.1 Å². The van der Waals surface area contributed by atoms with Crippen molar-refractivity contribution in [1.82, 2.24) is 10.6 Å². The average Bonchev–Trinajstić information content (AvgIpc) is 2.91. The van der Waals surface area contributed by atoms with E-state index in [1.165, 1.54) is 36.4 Å². The van der Waals surface area contributed by atoms with Crippen LogP contribution in [0.15, 0.2) is 36.4 Å². The van der Waals surface area contributed by atoms with Gasteiger partial charge in [-0.1, -0.05) is 64.5 Å². The van der Waals surface area contributed by atoms with Gasteiger partial charge in [-0.2, -0.15) is 0 Å². The van der Waals surface area contributed by atoms with Gasteiger partial charge in [-0.25, -0.2) is 0 Å². The van der Waals surface area contributed by atoms with Crippen molar-refractivity contribution in [3.8, 4) is 0 Å². The molecule has 0 aromatic heterocycles. The largest absolute Gasteiger partial charge is 0.366 e. The third kappa shape index (κ3) is 8.54. The fourth-order valence-electron chi connectivity index (χ4n) is 4.04. The van der Waals surface area contributed by atoms with Gasteiger partial charge in [-0.3, -0.25) is 24.0 Å². The van der Waals surface area contributed by atoms with Gasteiger partial charge in [0.2, 0.25) is 11.8 Å². The summed E-state index contributed by atoms with van der Waals surface area (Å²) in [6.45, 7) is 5.12. The molecule has 0 aliphatic rings. The highest BCUT2D eigenvalue weighted by Gasteiger charge is 2.21. The molecule has 2 aromatic carbocycles. The number of carbonyl (C=O) groups is 5. The van der Waals surface area contributed by atoms with Gasteiger partial charge in [0.1, 0.15) is 0 Å². The standard InChI is InChI=1S/C29H38N4O5/c1-3-5-7-9-15-32-28(37)21-13-11-19(17-23(21)26(30)35)25(34)20-12-14-22(24(18-20)27(31)36)29(38)33-16-10-8-6-4-2/h11-14,17-18H,3-10,15-16H2,1-2H3,(H2,30,35)(H2,31,36)(H,32,37)(H,33,38). The summed E-state index contributed by atoms with van der Waals surface area (Å²) < 4.78 is 0. The zero-order chi connectivity index (χ0) is 28.1. The lowest BCUT2D eigenvalue weighted by atomic mass is 9.94. The lowest BCUT2D eigenvalue weighted by molar-refractivity contribution is 0.0933. The third-order valence-corrected chi connectivity index (χ3v) is 6.22. The van der Waals surface area contributed by atoms with Crippen LogP contribution >= 0.6 is 0 Å². The smallest absolute Gasteiger partial charge is 0.252 e. The summed E-state index contributed by atoms with van der Waals surface area (Å²) in [7, 11) is 0. The highest BCUT2D eigenvalue weighted by molar-refractivity contribution is 6.15. The Kier molecular flexibility index (Phi) is 12.2. The van der Waals surface area contributed by atoms with Gasteiger partial charge in [-0.05, 0) is 37.1 Å². The van der Waals surface area contributed by atoms with Crippen LogP contribution in [-0.2, 0) is 0 Å². The van der Waals surface area contributed by atoms with E-state index >= 15 is 0 Å². The molecule has 9 heteroatoms. The van der Waals surface area contributed by atoms with E-state index in [1.54, 1.807) is 0 Å². The van der Waals surface area contributed by atoms with Crippen LogP contribution in [-0.4, -0.2) is 42.5 Å². The Bertz CT molecular complexity index is 1090. The number of primary amides is 2. The van der Waals surface area contributed by atoms with E-state index in [-0.39, 0.29) is 33.4 Å². The van der Waals surface area contributed by atoms with E-state index in [4.69, 9.17) is 11.5 Å². The van der Waals surface area contributed by atoms with E-state index in [1.807, 2.05) is 0 Å². The van der Waals surface area contributed by atoms with Crippen LogP contribution in [0.25, 0.3) is 0 Å². The second-order valence-electron chi connectivity index (χ2n) is 9.21. The first-order chi connectivity index (χ1) is 18.2. The summed E-state index contributed by atoms with van der Waals surface area (Å²) in [5.41, 5.74) is 11.2. The molecule has 9 nitrogen and oxygen atoms in total. The fourth-order valence-corrected chi connectivity index (χ4v) is 4.04. The number of rotatable bonds is 16. The second kappa shape index (κ2) is 15.3. The summed E-state index contributed by atoms with van der Waals surface area (Å²) >= 11 is 0. The molecule has 0 fully saturated rings. The van der Waals surface area contributed by atoms with Crippen LogP contribution in [0.4, 0.5) is 0 Å². The molecule has 0 unspecified atom stereocenters. The van der Waals surface area contributed by atoms with Crippen molar-refractivity contribution in [1.29, 1.82) is 0 Å². The molecular formula is C29H38N4O5. The molecule has 0 saturated carbocycles. The van der Waals surface area contributed by atoms with Gasteiger partial charge >= 0.3 is 0 Å². The summed E-state index contributed by atoms with van der Waals surface area (Å²) in [6.07, 6.45) is 7.90. The number of amides is 4. The first-order valence-electron chi connectivity index (χ1n) is 13.2. The van der Waals surface area contributed by atoms with Gasteiger partial charge in [0, 0.05) is 24.2 Å². The molecule has 0 aliphatic heterocycles. The monoisotopic (exact) mass is 522 g/mol. The molecule has 0 bridgehead atoms. The minimum atomic E-state index is -0.848. The maximum atomic E-state index is 13.2. The Labute approximate surface area is 223 Å². The first-order valence-corrected chi connectivity index (χ1v) is 13.2. The predicted molar refractivity (Wildman–Crippen MR) is 146 cm³/mol. The molecule has 2 aromatic rings. The van der Waals surface area contributed by atoms with Gasteiger partial charge < -0.3 is 22.1 Å². The van der Waals surface area contributed by atoms with Crippen molar-refractivity contribution >= 4 is 29.4 Å². The van der Waals surface area contributed by atoms with Crippen LogP contribution in [0, 0.1) is 0 Å². The number of benzene rings is 2. The summed E-state index contributed by atoms with van der Waals surface area (Å²) in [5, 5.41) is 5.55. The van der Waals surface area contributed by atoms with Crippen LogP contribution in [0.2, 0.25) is 0 Å². The molecule has 0 radical (unpaired) electrons. The highest BCUT2D eigenvalue weighted by Crippen LogP contribution is 2.19.